The van der Waals surface area contributed by atoms with Crippen LogP contribution in [0.5, 0.6) is 5.75 Å². The van der Waals surface area contributed by atoms with Gasteiger partial charge in [-0.1, -0.05) is 46.3 Å². The van der Waals surface area contributed by atoms with E-state index in [1.54, 1.807) is 54.1 Å². The fourth-order valence-electron chi connectivity index (χ4n) is 3.34. The lowest BCUT2D eigenvalue weighted by Gasteiger charge is -2.13. The van der Waals surface area contributed by atoms with Gasteiger partial charge in [0.2, 0.25) is 5.13 Å². The predicted octanol–water partition coefficient (Wildman–Crippen LogP) is 6.59. The molecule has 0 saturated heterocycles. The number of thioether (sulfide) groups is 1. The third kappa shape index (κ3) is 5.28. The van der Waals surface area contributed by atoms with Gasteiger partial charge in [-0.2, -0.15) is 0 Å². The number of nitrogens with one attached hydrogen (secondary N) is 1. The minimum absolute atomic E-state index is 0.201. The van der Waals surface area contributed by atoms with Crippen LogP contribution in [0, 0.1) is 0 Å². The van der Waals surface area contributed by atoms with E-state index in [4.69, 9.17) is 32.9 Å². The zero-order valence-corrected chi connectivity index (χ0v) is 21.4. The number of nitrogens with zero attached hydrogens (tertiary/aromatic N) is 4. The van der Waals surface area contributed by atoms with Crippen molar-refractivity contribution >= 4 is 68.0 Å². The lowest BCUT2D eigenvalue weighted by atomic mass is 10.2. The molecule has 0 saturated carbocycles. The molecule has 0 radical (unpaired) electrons. The lowest BCUT2D eigenvalue weighted by Crippen LogP contribution is -2.21. The summed E-state index contributed by atoms with van der Waals surface area (Å²) < 4.78 is 6.84. The number of methoxy groups -OCH3 is 1. The third-order valence-corrected chi connectivity index (χ3v) is 7.48. The van der Waals surface area contributed by atoms with Gasteiger partial charge in [0.05, 0.1) is 29.5 Å². The molecule has 176 valence electrons. The molecule has 0 bridgehead atoms. The summed E-state index contributed by atoms with van der Waals surface area (Å²) in [4.78, 5) is 18.2. The van der Waals surface area contributed by atoms with Crippen LogP contribution in [0.2, 0.25) is 10.0 Å². The monoisotopic (exact) mass is 541 g/mol. The molecule has 0 amide bonds. The molecule has 0 aliphatic carbocycles. The predicted molar refractivity (Wildman–Crippen MR) is 143 cm³/mol. The lowest BCUT2D eigenvalue weighted by molar-refractivity contribution is 0.414. The number of anilines is 2. The molecule has 0 aliphatic rings. The summed E-state index contributed by atoms with van der Waals surface area (Å²) >= 11 is 14.9. The van der Waals surface area contributed by atoms with Crippen molar-refractivity contribution in [3.05, 3.63) is 92.1 Å². The Labute approximate surface area is 218 Å². The van der Waals surface area contributed by atoms with Crippen LogP contribution in [-0.2, 0) is 5.75 Å². The van der Waals surface area contributed by atoms with Crippen molar-refractivity contribution in [2.24, 2.45) is 0 Å². The number of ether oxygens (including phenoxy) is 1. The Morgan fingerprint density at radius 1 is 1.00 bits per heavy atom. The van der Waals surface area contributed by atoms with Crippen molar-refractivity contribution in [3.63, 3.8) is 0 Å². The Balaban J connectivity index is 1.45. The van der Waals surface area contributed by atoms with Crippen molar-refractivity contribution in [1.29, 1.82) is 0 Å². The van der Waals surface area contributed by atoms with Crippen LogP contribution in [0.1, 0.15) is 5.01 Å². The fourth-order valence-corrected chi connectivity index (χ4v) is 5.40. The molecule has 0 spiro atoms. The first-order valence-electron chi connectivity index (χ1n) is 10.3. The highest BCUT2D eigenvalue weighted by Gasteiger charge is 2.15. The van der Waals surface area contributed by atoms with Crippen LogP contribution in [0.15, 0.2) is 76.7 Å². The maximum absolute atomic E-state index is 13.5. The number of rotatable bonds is 7. The Bertz CT molecular complexity index is 1550. The number of hydrogen-bond acceptors (Lipinski definition) is 8. The maximum Gasteiger partial charge on any atom is 0.266 e. The number of halogens is 2. The Morgan fingerprint density at radius 2 is 1.74 bits per heavy atom. The highest BCUT2D eigenvalue weighted by Crippen LogP contribution is 2.29. The van der Waals surface area contributed by atoms with Gasteiger partial charge in [0, 0.05) is 15.7 Å². The van der Waals surface area contributed by atoms with E-state index in [1.165, 1.54) is 23.1 Å². The van der Waals surface area contributed by atoms with E-state index in [-0.39, 0.29) is 5.56 Å². The summed E-state index contributed by atoms with van der Waals surface area (Å²) in [6.45, 7) is 0. The Morgan fingerprint density at radius 3 is 2.49 bits per heavy atom. The number of fused-ring (bicyclic) bond motifs is 1. The van der Waals surface area contributed by atoms with E-state index < -0.39 is 0 Å². The van der Waals surface area contributed by atoms with Gasteiger partial charge >= 0.3 is 0 Å². The summed E-state index contributed by atoms with van der Waals surface area (Å²) in [7, 11) is 1.60. The van der Waals surface area contributed by atoms with E-state index in [2.05, 4.69) is 15.5 Å². The molecule has 3 aromatic carbocycles. The van der Waals surface area contributed by atoms with Gasteiger partial charge in [0.1, 0.15) is 10.8 Å². The molecule has 0 fully saturated rings. The zero-order valence-electron chi connectivity index (χ0n) is 18.2. The van der Waals surface area contributed by atoms with E-state index in [9.17, 15) is 4.79 Å². The second-order valence-corrected chi connectivity index (χ2v) is 10.2. The van der Waals surface area contributed by atoms with Crippen LogP contribution >= 0.6 is 46.3 Å². The van der Waals surface area contributed by atoms with Crippen molar-refractivity contribution < 1.29 is 4.74 Å². The first-order chi connectivity index (χ1) is 17.0. The van der Waals surface area contributed by atoms with Crippen LogP contribution in [0.4, 0.5) is 10.8 Å². The van der Waals surface area contributed by atoms with Gasteiger partial charge in [-0.05, 0) is 66.7 Å². The summed E-state index contributed by atoms with van der Waals surface area (Å²) in [5, 5.41) is 15.3. The van der Waals surface area contributed by atoms with Gasteiger partial charge < -0.3 is 10.1 Å². The molecule has 7 nitrogen and oxygen atoms in total. The van der Waals surface area contributed by atoms with Gasteiger partial charge in [-0.25, -0.2) is 4.98 Å². The molecule has 2 heterocycles. The summed E-state index contributed by atoms with van der Waals surface area (Å²) in [5.74, 6) is 1.18. The minimum atomic E-state index is -0.201. The minimum Gasteiger partial charge on any atom is -0.497 e. The molecule has 5 rings (SSSR count). The Kier molecular flexibility index (Phi) is 6.92. The first-order valence-corrected chi connectivity index (χ1v) is 12.9. The molecule has 0 unspecified atom stereocenters. The SMILES string of the molecule is COc1ccc(-n2c(SCc3nnc(Nc4ccc(Cl)cc4)s3)nc3ccc(Cl)cc3c2=O)cc1. The molecule has 35 heavy (non-hydrogen) atoms. The van der Waals surface area contributed by atoms with Crippen molar-refractivity contribution in [2.45, 2.75) is 10.9 Å². The van der Waals surface area contributed by atoms with Crippen LogP contribution in [0.25, 0.3) is 16.6 Å². The first kappa shape index (κ1) is 23.6. The van der Waals surface area contributed by atoms with E-state index in [1.807, 2.05) is 24.3 Å². The molecule has 0 atom stereocenters. The van der Waals surface area contributed by atoms with Crippen LogP contribution < -0.4 is 15.6 Å². The van der Waals surface area contributed by atoms with Gasteiger partial charge in [0.15, 0.2) is 5.16 Å². The number of hydrogen-bond donors (Lipinski definition) is 1. The van der Waals surface area contributed by atoms with Crippen molar-refractivity contribution in [2.75, 3.05) is 12.4 Å². The van der Waals surface area contributed by atoms with Gasteiger partial charge in [0.25, 0.3) is 5.56 Å². The fraction of sp³-hybridized carbons (Fsp3) is 0.0833. The summed E-state index contributed by atoms with van der Waals surface area (Å²) in [6, 6.07) is 19.7. The molecular weight excluding hydrogens is 525 g/mol. The smallest absolute Gasteiger partial charge is 0.266 e. The standard InChI is InChI=1S/C24H17Cl2N5O2S2/c1-33-18-9-7-17(8-10-18)31-22(32)19-12-15(26)4-11-20(19)28-24(31)34-13-21-29-30-23(35-21)27-16-5-2-14(25)3-6-16/h2-12H,13H2,1H3,(H,27,30). The van der Waals surface area contributed by atoms with Crippen molar-refractivity contribution in [1.82, 2.24) is 19.7 Å². The average molecular weight is 542 g/mol. The van der Waals surface area contributed by atoms with Crippen LogP contribution in [0.3, 0.4) is 0 Å². The molecular formula is C24H17Cl2N5O2S2. The molecule has 0 aliphatic heterocycles. The third-order valence-electron chi connectivity index (χ3n) is 5.02. The molecule has 2 aromatic heterocycles. The quantitative estimate of drug-likeness (QED) is 0.184. The van der Waals surface area contributed by atoms with Gasteiger partial charge in [-0.3, -0.25) is 9.36 Å². The molecule has 5 aromatic rings. The number of benzene rings is 3. The average Bonchev–Trinajstić information content (AvgIpc) is 3.32. The molecule has 1 N–H and O–H groups in total. The van der Waals surface area contributed by atoms with Gasteiger partial charge in [-0.15, -0.1) is 10.2 Å². The highest BCUT2D eigenvalue weighted by molar-refractivity contribution is 7.98. The topological polar surface area (TPSA) is 81.9 Å². The largest absolute Gasteiger partial charge is 0.497 e. The molecule has 11 heteroatoms. The maximum atomic E-state index is 13.5. The highest BCUT2D eigenvalue weighted by atomic mass is 35.5. The zero-order chi connectivity index (χ0) is 24.4. The Hall–Kier alpha value is -3.11. The van der Waals surface area contributed by atoms with E-state index >= 15 is 0 Å². The number of aromatic nitrogens is 4. The second kappa shape index (κ2) is 10.2. The summed E-state index contributed by atoms with van der Waals surface area (Å²) in [6.07, 6.45) is 0. The van der Waals surface area contributed by atoms with Crippen LogP contribution in [-0.4, -0.2) is 26.9 Å². The van der Waals surface area contributed by atoms with E-state index in [0.29, 0.717) is 48.4 Å². The second-order valence-electron chi connectivity index (χ2n) is 7.32. The summed E-state index contributed by atoms with van der Waals surface area (Å²) in [5.41, 5.74) is 1.92. The van der Waals surface area contributed by atoms with Crippen molar-refractivity contribution in [3.8, 4) is 11.4 Å². The normalized spacial score (nSPS) is 11.1. The van der Waals surface area contributed by atoms with E-state index in [0.717, 1.165) is 10.7 Å².